The van der Waals surface area contributed by atoms with Crippen LogP contribution >= 0.6 is 0 Å². The molecule has 0 aliphatic rings. The van der Waals surface area contributed by atoms with Gasteiger partial charge in [-0.1, -0.05) is 41.5 Å². The van der Waals surface area contributed by atoms with E-state index in [0.717, 1.165) is 5.57 Å². The topological polar surface area (TPSA) is 0 Å². The maximum atomic E-state index is 3.91. The van der Waals surface area contributed by atoms with E-state index in [1.165, 1.54) is 16.7 Å². The Morgan fingerprint density at radius 1 is 1.18 bits per heavy atom. The minimum Gasteiger partial charge on any atom is -0.0955 e. The molecular formula is C11H16. The molecule has 0 unspecified atom stereocenters. The molecule has 0 aliphatic carbocycles. The largest absolute Gasteiger partial charge is 0.0955 e. The van der Waals surface area contributed by atoms with Gasteiger partial charge in [0.05, 0.1) is 0 Å². The van der Waals surface area contributed by atoms with Gasteiger partial charge in [-0.2, -0.15) is 0 Å². The van der Waals surface area contributed by atoms with Gasteiger partial charge in [0.1, 0.15) is 0 Å². The summed E-state index contributed by atoms with van der Waals surface area (Å²) in [7, 11) is 0. The van der Waals surface area contributed by atoms with Crippen LogP contribution in [0, 0.1) is 13.8 Å². The lowest BCUT2D eigenvalue weighted by atomic mass is 10.0. The fourth-order valence-electron chi connectivity index (χ4n) is 1.22. The molecule has 0 radical (unpaired) electrons. The molecule has 1 aromatic rings. The first-order valence-electron chi connectivity index (χ1n) is 3.84. The summed E-state index contributed by atoms with van der Waals surface area (Å²) in [4.78, 5) is 0. The van der Waals surface area contributed by atoms with Crippen LogP contribution in [-0.2, 0) is 0 Å². The molecule has 0 saturated carbocycles. The fraction of sp³-hybridized carbons (Fsp3) is 0.273. The van der Waals surface area contributed by atoms with E-state index < -0.39 is 0 Å². The molecule has 0 aliphatic heterocycles. The third-order valence-electron chi connectivity index (χ3n) is 1.71. The summed E-state index contributed by atoms with van der Waals surface area (Å²) in [6.45, 7) is 10.2. The summed E-state index contributed by atoms with van der Waals surface area (Å²) in [6, 6.07) is 6.50. The van der Waals surface area contributed by atoms with Crippen LogP contribution in [0.2, 0.25) is 0 Å². The first kappa shape index (κ1) is 8.06. The van der Waals surface area contributed by atoms with Gasteiger partial charge < -0.3 is 0 Å². The van der Waals surface area contributed by atoms with E-state index in [1.807, 2.05) is 6.92 Å². The number of hydrogen-bond donors (Lipinski definition) is 0. The predicted molar refractivity (Wildman–Crippen MR) is 52.7 cm³/mol. The summed E-state index contributed by atoms with van der Waals surface area (Å²) in [6.07, 6.45) is 0. The van der Waals surface area contributed by atoms with Gasteiger partial charge in [-0.25, -0.2) is 0 Å². The van der Waals surface area contributed by atoms with E-state index in [9.17, 15) is 0 Å². The maximum absolute atomic E-state index is 3.91. The highest BCUT2D eigenvalue weighted by Crippen LogP contribution is 2.15. The highest BCUT2D eigenvalue weighted by Gasteiger charge is 1.94. The quantitative estimate of drug-likeness (QED) is 0.571. The first-order chi connectivity index (χ1) is 5.09. The van der Waals surface area contributed by atoms with Gasteiger partial charge in [0.2, 0.25) is 0 Å². The monoisotopic (exact) mass is 148 g/mol. The minimum absolute atomic E-state index is 0. The van der Waals surface area contributed by atoms with Gasteiger partial charge in [0.15, 0.2) is 0 Å². The smallest absolute Gasteiger partial charge is 0 e. The Hall–Kier alpha value is -1.04. The Morgan fingerprint density at radius 2 is 1.64 bits per heavy atom. The van der Waals surface area contributed by atoms with Crippen molar-refractivity contribution in [1.82, 2.24) is 0 Å². The Labute approximate surface area is 70.1 Å². The van der Waals surface area contributed by atoms with Crippen LogP contribution in [0.3, 0.4) is 0 Å². The Kier molecular flexibility index (Phi) is 2.13. The molecule has 0 amide bonds. The predicted octanol–water partition coefficient (Wildman–Crippen LogP) is 3.58. The molecule has 0 heteroatoms. The third-order valence-corrected chi connectivity index (χ3v) is 1.71. The molecule has 0 fully saturated rings. The lowest BCUT2D eigenvalue weighted by molar-refractivity contribution is 1.36. The molecule has 0 bridgehead atoms. The van der Waals surface area contributed by atoms with E-state index in [0.29, 0.717) is 0 Å². The molecule has 0 spiro atoms. The van der Waals surface area contributed by atoms with Crippen molar-refractivity contribution >= 4 is 5.57 Å². The van der Waals surface area contributed by atoms with E-state index in [-0.39, 0.29) is 1.43 Å². The molecule has 1 aromatic carbocycles. The van der Waals surface area contributed by atoms with Gasteiger partial charge in [-0.3, -0.25) is 0 Å². The molecule has 0 aromatic heterocycles. The van der Waals surface area contributed by atoms with Gasteiger partial charge in [-0.05, 0) is 26.3 Å². The summed E-state index contributed by atoms with van der Waals surface area (Å²) in [5.41, 5.74) is 5.00. The van der Waals surface area contributed by atoms with E-state index in [2.05, 4.69) is 38.6 Å². The Morgan fingerprint density at radius 3 is 2.00 bits per heavy atom. The summed E-state index contributed by atoms with van der Waals surface area (Å²) < 4.78 is 0. The SMILES string of the molecule is C=C(C)c1cc(C)cc(C)c1.[HH]. The van der Waals surface area contributed by atoms with E-state index in [1.54, 1.807) is 0 Å². The van der Waals surface area contributed by atoms with Crippen molar-refractivity contribution in [2.75, 3.05) is 0 Å². The van der Waals surface area contributed by atoms with Crippen molar-refractivity contribution in [3.05, 3.63) is 41.5 Å². The molecule has 0 atom stereocenters. The second-order valence-corrected chi connectivity index (χ2v) is 3.16. The number of hydrogen-bond acceptors (Lipinski definition) is 0. The van der Waals surface area contributed by atoms with Crippen LogP contribution in [0.1, 0.15) is 25.0 Å². The normalized spacial score (nSPS) is 9.73. The highest BCUT2D eigenvalue weighted by molar-refractivity contribution is 5.62. The summed E-state index contributed by atoms with van der Waals surface area (Å²) in [5, 5.41) is 0. The Bertz CT molecular complexity index is 267. The highest BCUT2D eigenvalue weighted by atomic mass is 14.0. The fourth-order valence-corrected chi connectivity index (χ4v) is 1.22. The molecule has 0 N–H and O–H groups in total. The molecule has 0 nitrogen and oxygen atoms in total. The van der Waals surface area contributed by atoms with Crippen molar-refractivity contribution in [1.29, 1.82) is 0 Å². The first-order valence-corrected chi connectivity index (χ1v) is 3.84. The summed E-state index contributed by atoms with van der Waals surface area (Å²) in [5.74, 6) is 0. The third kappa shape index (κ3) is 1.94. The van der Waals surface area contributed by atoms with Crippen LogP contribution in [0.15, 0.2) is 24.8 Å². The number of allylic oxidation sites excluding steroid dienone is 1. The standard InChI is InChI=1S/C11H14.H2/c1-8(2)11-6-9(3)5-10(4)7-11;/h5-7H,1H2,2-4H3;1H. The van der Waals surface area contributed by atoms with Gasteiger partial charge in [-0.15, -0.1) is 0 Å². The van der Waals surface area contributed by atoms with Crippen LogP contribution in [-0.4, -0.2) is 0 Å². The lowest BCUT2D eigenvalue weighted by Gasteiger charge is -2.02. The molecule has 60 valence electrons. The van der Waals surface area contributed by atoms with Gasteiger partial charge in [0.25, 0.3) is 0 Å². The molecular weight excluding hydrogens is 132 g/mol. The van der Waals surface area contributed by atoms with Crippen molar-refractivity contribution in [3.8, 4) is 0 Å². The summed E-state index contributed by atoms with van der Waals surface area (Å²) >= 11 is 0. The molecule has 0 heterocycles. The zero-order valence-electron chi connectivity index (χ0n) is 7.44. The van der Waals surface area contributed by atoms with Crippen LogP contribution < -0.4 is 0 Å². The maximum Gasteiger partial charge on any atom is 0 e. The van der Waals surface area contributed by atoms with Crippen molar-refractivity contribution in [2.24, 2.45) is 0 Å². The number of aryl methyl sites for hydroxylation is 2. The average Bonchev–Trinajstić information content (AvgIpc) is 1.85. The second kappa shape index (κ2) is 2.91. The van der Waals surface area contributed by atoms with E-state index >= 15 is 0 Å². The molecule has 11 heavy (non-hydrogen) atoms. The average molecular weight is 148 g/mol. The van der Waals surface area contributed by atoms with E-state index in [4.69, 9.17) is 0 Å². The minimum atomic E-state index is 0. The van der Waals surface area contributed by atoms with Gasteiger partial charge in [0, 0.05) is 1.43 Å². The van der Waals surface area contributed by atoms with Crippen molar-refractivity contribution in [2.45, 2.75) is 20.8 Å². The number of benzene rings is 1. The van der Waals surface area contributed by atoms with Crippen molar-refractivity contribution in [3.63, 3.8) is 0 Å². The van der Waals surface area contributed by atoms with Crippen LogP contribution in [0.25, 0.3) is 5.57 Å². The molecule has 1 rings (SSSR count). The second-order valence-electron chi connectivity index (χ2n) is 3.16. The Balaban J connectivity index is 0.00000121. The zero-order valence-corrected chi connectivity index (χ0v) is 7.44. The van der Waals surface area contributed by atoms with Crippen LogP contribution in [0.5, 0.6) is 0 Å². The van der Waals surface area contributed by atoms with Crippen LogP contribution in [0.4, 0.5) is 0 Å². The molecule has 0 saturated heterocycles. The lowest BCUT2D eigenvalue weighted by Crippen LogP contribution is -1.82. The van der Waals surface area contributed by atoms with Gasteiger partial charge >= 0.3 is 0 Å². The van der Waals surface area contributed by atoms with Crippen molar-refractivity contribution < 1.29 is 1.43 Å². The number of rotatable bonds is 1. The zero-order chi connectivity index (χ0) is 8.43.